The molecular weight excluding hydrogens is 257 g/mol. The van der Waals surface area contributed by atoms with E-state index in [0.717, 1.165) is 36.0 Å². The van der Waals surface area contributed by atoms with Crippen molar-refractivity contribution in [2.45, 2.75) is 33.2 Å². The van der Waals surface area contributed by atoms with E-state index in [1.807, 2.05) is 14.0 Å². The minimum Gasteiger partial charge on any atom is -0.298 e. The fourth-order valence-electron chi connectivity index (χ4n) is 1.85. The van der Waals surface area contributed by atoms with Gasteiger partial charge in [-0.2, -0.15) is 5.10 Å². The van der Waals surface area contributed by atoms with Crippen molar-refractivity contribution >= 4 is 23.2 Å². The average Bonchev–Trinajstić information content (AvgIpc) is 2.53. The maximum Gasteiger partial charge on any atom is 0.131 e. The molecule has 1 heterocycles. The van der Waals surface area contributed by atoms with Crippen LogP contribution in [0.15, 0.2) is 0 Å². The summed E-state index contributed by atoms with van der Waals surface area (Å²) in [6.45, 7) is 6.99. The predicted octanol–water partition coefficient (Wildman–Crippen LogP) is 3.22. The van der Waals surface area contributed by atoms with Crippen LogP contribution in [-0.2, 0) is 13.6 Å². The first-order valence-electron chi connectivity index (χ1n) is 6.06. The molecule has 0 amide bonds. The van der Waals surface area contributed by atoms with Gasteiger partial charge >= 0.3 is 0 Å². The quantitative estimate of drug-likeness (QED) is 0.714. The van der Waals surface area contributed by atoms with Gasteiger partial charge in [0.05, 0.1) is 5.69 Å². The van der Waals surface area contributed by atoms with E-state index in [4.69, 9.17) is 23.2 Å². The van der Waals surface area contributed by atoms with Crippen molar-refractivity contribution in [2.75, 3.05) is 19.0 Å². The van der Waals surface area contributed by atoms with Gasteiger partial charge < -0.3 is 0 Å². The van der Waals surface area contributed by atoms with Crippen molar-refractivity contribution in [1.29, 1.82) is 0 Å². The van der Waals surface area contributed by atoms with Crippen LogP contribution in [0.1, 0.15) is 31.0 Å². The standard InChI is InChI=1S/C12H21Cl2N3/c1-4-5-7-17(8-6-13)9-11-10(2)15-16(3)12(11)14/h4-9H2,1-3H3. The van der Waals surface area contributed by atoms with E-state index in [9.17, 15) is 0 Å². The summed E-state index contributed by atoms with van der Waals surface area (Å²) in [4.78, 5) is 2.34. The molecule has 0 saturated carbocycles. The van der Waals surface area contributed by atoms with Crippen LogP contribution in [0.25, 0.3) is 0 Å². The van der Waals surface area contributed by atoms with E-state index in [2.05, 4.69) is 16.9 Å². The van der Waals surface area contributed by atoms with E-state index in [-0.39, 0.29) is 0 Å². The number of aromatic nitrogens is 2. The summed E-state index contributed by atoms with van der Waals surface area (Å²) in [5.74, 6) is 0.653. The lowest BCUT2D eigenvalue weighted by atomic mass is 10.2. The molecule has 0 unspecified atom stereocenters. The lowest BCUT2D eigenvalue weighted by molar-refractivity contribution is 0.276. The van der Waals surface area contributed by atoms with Crippen LogP contribution in [-0.4, -0.2) is 33.6 Å². The Morgan fingerprint density at radius 3 is 2.53 bits per heavy atom. The van der Waals surface area contributed by atoms with Crippen molar-refractivity contribution in [3.05, 3.63) is 16.4 Å². The van der Waals surface area contributed by atoms with Gasteiger partial charge in [0, 0.05) is 31.6 Å². The molecule has 1 aromatic heterocycles. The summed E-state index contributed by atoms with van der Waals surface area (Å²) < 4.78 is 1.73. The van der Waals surface area contributed by atoms with Crippen LogP contribution in [0.3, 0.4) is 0 Å². The van der Waals surface area contributed by atoms with E-state index in [0.29, 0.717) is 5.88 Å². The molecular formula is C12H21Cl2N3. The second-order valence-electron chi connectivity index (χ2n) is 4.30. The first kappa shape index (κ1) is 14.8. The molecule has 5 heteroatoms. The average molecular weight is 278 g/mol. The normalized spacial score (nSPS) is 11.4. The van der Waals surface area contributed by atoms with Gasteiger partial charge in [-0.1, -0.05) is 24.9 Å². The second-order valence-corrected chi connectivity index (χ2v) is 5.03. The van der Waals surface area contributed by atoms with E-state index in [1.165, 1.54) is 12.8 Å². The Kier molecular flexibility index (Phi) is 6.31. The third-order valence-electron chi connectivity index (χ3n) is 2.88. The maximum absolute atomic E-state index is 6.23. The Bertz CT molecular complexity index is 350. The smallest absolute Gasteiger partial charge is 0.131 e. The maximum atomic E-state index is 6.23. The number of hydrogen-bond acceptors (Lipinski definition) is 2. The van der Waals surface area contributed by atoms with E-state index >= 15 is 0 Å². The molecule has 0 atom stereocenters. The molecule has 0 aromatic carbocycles. The molecule has 0 saturated heterocycles. The number of aryl methyl sites for hydroxylation is 2. The largest absolute Gasteiger partial charge is 0.298 e. The Hall–Kier alpha value is -0.250. The second kappa shape index (κ2) is 7.24. The minimum atomic E-state index is 0.653. The number of hydrogen-bond donors (Lipinski definition) is 0. The lowest BCUT2D eigenvalue weighted by Gasteiger charge is -2.20. The highest BCUT2D eigenvalue weighted by Gasteiger charge is 2.14. The van der Waals surface area contributed by atoms with Gasteiger partial charge in [0.2, 0.25) is 0 Å². The molecule has 0 aliphatic rings. The molecule has 17 heavy (non-hydrogen) atoms. The van der Waals surface area contributed by atoms with Crippen LogP contribution in [0.2, 0.25) is 5.15 Å². The zero-order valence-corrected chi connectivity index (χ0v) is 12.4. The summed E-state index contributed by atoms with van der Waals surface area (Å²) in [6.07, 6.45) is 2.38. The molecule has 0 aliphatic heterocycles. The number of alkyl halides is 1. The van der Waals surface area contributed by atoms with Crippen molar-refractivity contribution in [1.82, 2.24) is 14.7 Å². The number of unbranched alkanes of at least 4 members (excludes halogenated alkanes) is 1. The van der Waals surface area contributed by atoms with Crippen LogP contribution in [0, 0.1) is 6.92 Å². The number of rotatable bonds is 7. The molecule has 3 nitrogen and oxygen atoms in total. The van der Waals surface area contributed by atoms with Crippen LogP contribution >= 0.6 is 23.2 Å². The summed E-state index contributed by atoms with van der Waals surface area (Å²) in [7, 11) is 1.87. The molecule has 0 fully saturated rings. The first-order valence-corrected chi connectivity index (χ1v) is 6.97. The molecule has 1 aromatic rings. The SMILES string of the molecule is CCCCN(CCCl)Cc1c(C)nn(C)c1Cl. The Morgan fingerprint density at radius 2 is 2.06 bits per heavy atom. The Balaban J connectivity index is 2.70. The van der Waals surface area contributed by atoms with Crippen molar-refractivity contribution in [3.63, 3.8) is 0 Å². The number of halogens is 2. The highest BCUT2D eigenvalue weighted by Crippen LogP contribution is 2.20. The van der Waals surface area contributed by atoms with Crippen LogP contribution in [0.4, 0.5) is 0 Å². The molecule has 0 N–H and O–H groups in total. The van der Waals surface area contributed by atoms with Crippen LogP contribution < -0.4 is 0 Å². The molecule has 1 rings (SSSR count). The van der Waals surface area contributed by atoms with E-state index < -0.39 is 0 Å². The van der Waals surface area contributed by atoms with Crippen LogP contribution in [0.5, 0.6) is 0 Å². The highest BCUT2D eigenvalue weighted by atomic mass is 35.5. The molecule has 0 bridgehead atoms. The topological polar surface area (TPSA) is 21.1 Å². The molecule has 0 radical (unpaired) electrons. The Labute approximate surface area is 114 Å². The van der Waals surface area contributed by atoms with Gasteiger partial charge in [-0.15, -0.1) is 11.6 Å². The van der Waals surface area contributed by atoms with Gasteiger partial charge in [0.1, 0.15) is 5.15 Å². The zero-order chi connectivity index (χ0) is 12.8. The molecule has 0 aliphatic carbocycles. The zero-order valence-electron chi connectivity index (χ0n) is 10.8. The van der Waals surface area contributed by atoms with E-state index in [1.54, 1.807) is 4.68 Å². The summed E-state index contributed by atoms with van der Waals surface area (Å²) >= 11 is 12.1. The third kappa shape index (κ3) is 4.16. The van der Waals surface area contributed by atoms with Crippen molar-refractivity contribution in [2.24, 2.45) is 7.05 Å². The van der Waals surface area contributed by atoms with Gasteiger partial charge in [0.15, 0.2) is 0 Å². The lowest BCUT2D eigenvalue weighted by Crippen LogP contribution is -2.26. The fourth-order valence-corrected chi connectivity index (χ4v) is 2.32. The van der Waals surface area contributed by atoms with Gasteiger partial charge in [-0.05, 0) is 19.9 Å². The monoisotopic (exact) mass is 277 g/mol. The summed E-state index contributed by atoms with van der Waals surface area (Å²) in [5, 5.41) is 5.06. The predicted molar refractivity (Wildman–Crippen MR) is 73.9 cm³/mol. The third-order valence-corrected chi connectivity index (χ3v) is 3.52. The van der Waals surface area contributed by atoms with Gasteiger partial charge in [-0.3, -0.25) is 9.58 Å². The first-order chi connectivity index (χ1) is 8.10. The van der Waals surface area contributed by atoms with Crippen molar-refractivity contribution < 1.29 is 0 Å². The van der Waals surface area contributed by atoms with Gasteiger partial charge in [-0.25, -0.2) is 0 Å². The van der Waals surface area contributed by atoms with Crippen molar-refractivity contribution in [3.8, 4) is 0 Å². The van der Waals surface area contributed by atoms with Gasteiger partial charge in [0.25, 0.3) is 0 Å². The summed E-state index contributed by atoms with van der Waals surface area (Å²) in [5.41, 5.74) is 2.13. The molecule has 0 spiro atoms. The summed E-state index contributed by atoms with van der Waals surface area (Å²) in [6, 6.07) is 0. The Morgan fingerprint density at radius 1 is 1.35 bits per heavy atom. The minimum absolute atomic E-state index is 0.653. The highest BCUT2D eigenvalue weighted by molar-refractivity contribution is 6.30. The fraction of sp³-hybridized carbons (Fsp3) is 0.750. The molecule has 98 valence electrons. The number of nitrogens with zero attached hydrogens (tertiary/aromatic N) is 3.